The van der Waals surface area contributed by atoms with E-state index in [1.807, 2.05) is 25.1 Å². The Bertz CT molecular complexity index is 734. The summed E-state index contributed by atoms with van der Waals surface area (Å²) in [5.74, 6) is -1.22. The van der Waals surface area contributed by atoms with Crippen LogP contribution in [0.15, 0.2) is 35.3 Å². The van der Waals surface area contributed by atoms with Crippen LogP contribution in [0, 0.1) is 13.8 Å². The van der Waals surface area contributed by atoms with E-state index in [0.29, 0.717) is 17.3 Å². The van der Waals surface area contributed by atoms with E-state index in [2.05, 4.69) is 0 Å². The number of carbonyl (C=O) groups is 1. The maximum absolute atomic E-state index is 11.6. The van der Waals surface area contributed by atoms with E-state index < -0.39 is 11.4 Å². The second kappa shape index (κ2) is 5.51. The van der Waals surface area contributed by atoms with Gasteiger partial charge in [-0.1, -0.05) is 23.7 Å². The lowest BCUT2D eigenvalue weighted by molar-refractivity contribution is 0.0694. The lowest BCUT2D eigenvalue weighted by Crippen LogP contribution is -2.19. The predicted octanol–water partition coefficient (Wildman–Crippen LogP) is 2.87. The van der Waals surface area contributed by atoms with Crippen molar-refractivity contribution in [2.45, 2.75) is 20.4 Å². The first-order chi connectivity index (χ1) is 9.38. The molecule has 0 aliphatic heterocycles. The molecular formula is C15H14ClNO3. The minimum atomic E-state index is -1.22. The van der Waals surface area contributed by atoms with Gasteiger partial charge in [0.25, 0.3) is 0 Å². The van der Waals surface area contributed by atoms with Crippen molar-refractivity contribution in [1.82, 2.24) is 4.57 Å². The van der Waals surface area contributed by atoms with E-state index >= 15 is 0 Å². The summed E-state index contributed by atoms with van der Waals surface area (Å²) in [6.07, 6.45) is 1.36. The van der Waals surface area contributed by atoms with Gasteiger partial charge in [0.15, 0.2) is 5.43 Å². The molecule has 0 radical (unpaired) electrons. The molecule has 0 saturated carbocycles. The van der Waals surface area contributed by atoms with Crippen LogP contribution in [-0.4, -0.2) is 15.6 Å². The summed E-state index contributed by atoms with van der Waals surface area (Å²) in [5, 5.41) is 9.62. The second-order valence-corrected chi connectivity index (χ2v) is 5.13. The van der Waals surface area contributed by atoms with Crippen LogP contribution in [0.5, 0.6) is 0 Å². The van der Waals surface area contributed by atoms with Crippen LogP contribution in [0.2, 0.25) is 5.02 Å². The third-order valence-electron chi connectivity index (χ3n) is 3.12. The van der Waals surface area contributed by atoms with Gasteiger partial charge in [0.05, 0.1) is 0 Å². The molecule has 0 unspecified atom stereocenters. The Hall–Kier alpha value is -2.07. The molecule has 104 valence electrons. The number of benzene rings is 1. The Kier molecular flexibility index (Phi) is 3.95. The van der Waals surface area contributed by atoms with Gasteiger partial charge in [-0.05, 0) is 31.0 Å². The third kappa shape index (κ3) is 2.91. The Morgan fingerprint density at radius 1 is 1.30 bits per heavy atom. The van der Waals surface area contributed by atoms with Gasteiger partial charge < -0.3 is 9.67 Å². The number of rotatable bonds is 3. The van der Waals surface area contributed by atoms with E-state index in [1.165, 1.54) is 12.3 Å². The first-order valence-electron chi connectivity index (χ1n) is 6.08. The van der Waals surface area contributed by atoms with Gasteiger partial charge in [0.1, 0.15) is 5.56 Å². The highest BCUT2D eigenvalue weighted by Gasteiger charge is 2.11. The zero-order valence-electron chi connectivity index (χ0n) is 11.2. The zero-order chi connectivity index (χ0) is 14.9. The highest BCUT2D eigenvalue weighted by molar-refractivity contribution is 6.31. The number of hydrogen-bond donors (Lipinski definition) is 1. The number of hydrogen-bond acceptors (Lipinski definition) is 2. The lowest BCUT2D eigenvalue weighted by Gasteiger charge is -2.13. The maximum Gasteiger partial charge on any atom is 0.341 e. The van der Waals surface area contributed by atoms with Gasteiger partial charge in [0.2, 0.25) is 0 Å². The molecule has 1 N–H and O–H groups in total. The van der Waals surface area contributed by atoms with E-state index in [1.54, 1.807) is 11.5 Å². The lowest BCUT2D eigenvalue weighted by atomic mass is 10.1. The fraction of sp³-hybridized carbons (Fsp3) is 0.200. The Morgan fingerprint density at radius 3 is 2.60 bits per heavy atom. The van der Waals surface area contributed by atoms with Crippen molar-refractivity contribution in [3.8, 4) is 0 Å². The topological polar surface area (TPSA) is 59.3 Å². The average Bonchev–Trinajstić information content (AvgIpc) is 2.35. The number of nitrogens with zero attached hydrogens (tertiary/aromatic N) is 1. The first-order valence-corrected chi connectivity index (χ1v) is 6.45. The molecule has 0 bridgehead atoms. The van der Waals surface area contributed by atoms with Gasteiger partial charge >= 0.3 is 5.97 Å². The van der Waals surface area contributed by atoms with Gasteiger partial charge in [-0.15, -0.1) is 0 Å². The van der Waals surface area contributed by atoms with Crippen LogP contribution in [0.3, 0.4) is 0 Å². The smallest absolute Gasteiger partial charge is 0.341 e. The van der Waals surface area contributed by atoms with Crippen molar-refractivity contribution in [2.24, 2.45) is 0 Å². The molecule has 20 heavy (non-hydrogen) atoms. The van der Waals surface area contributed by atoms with E-state index in [-0.39, 0.29) is 5.56 Å². The molecule has 2 aromatic rings. The highest BCUT2D eigenvalue weighted by atomic mass is 35.5. The Labute approximate surface area is 121 Å². The second-order valence-electron chi connectivity index (χ2n) is 4.72. The molecule has 0 saturated heterocycles. The zero-order valence-corrected chi connectivity index (χ0v) is 11.9. The summed E-state index contributed by atoms with van der Waals surface area (Å²) < 4.78 is 1.71. The van der Waals surface area contributed by atoms with Gasteiger partial charge in [-0.3, -0.25) is 4.79 Å². The number of aryl methyl sites for hydroxylation is 2. The van der Waals surface area contributed by atoms with Crippen molar-refractivity contribution < 1.29 is 9.90 Å². The number of carboxylic acid groups (broad SMARTS) is 1. The molecular weight excluding hydrogens is 278 g/mol. The maximum atomic E-state index is 11.6. The molecule has 0 aliphatic rings. The normalized spacial score (nSPS) is 10.6. The molecule has 0 amide bonds. The minimum absolute atomic E-state index is 0.237. The molecule has 5 heteroatoms. The minimum Gasteiger partial charge on any atom is -0.477 e. The summed E-state index contributed by atoms with van der Waals surface area (Å²) >= 11 is 6.17. The largest absolute Gasteiger partial charge is 0.477 e. The number of halogens is 1. The van der Waals surface area contributed by atoms with Crippen molar-refractivity contribution in [3.05, 3.63) is 68.1 Å². The molecule has 0 spiro atoms. The SMILES string of the molecule is Cc1ccc(Cn2cc(C(=O)O)c(=O)cc2C)c(Cl)c1. The van der Waals surface area contributed by atoms with E-state index in [9.17, 15) is 9.59 Å². The van der Waals surface area contributed by atoms with Crippen LogP contribution < -0.4 is 5.43 Å². The molecule has 0 fully saturated rings. The van der Waals surface area contributed by atoms with Crippen molar-refractivity contribution in [3.63, 3.8) is 0 Å². The Morgan fingerprint density at radius 2 is 2.00 bits per heavy atom. The molecule has 1 aromatic heterocycles. The van der Waals surface area contributed by atoms with Crippen LogP contribution in [0.25, 0.3) is 0 Å². The van der Waals surface area contributed by atoms with Crippen molar-refractivity contribution >= 4 is 17.6 Å². The molecule has 1 aromatic carbocycles. The quantitative estimate of drug-likeness (QED) is 0.946. The van der Waals surface area contributed by atoms with Crippen molar-refractivity contribution in [2.75, 3.05) is 0 Å². The van der Waals surface area contributed by atoms with Gasteiger partial charge in [0, 0.05) is 29.5 Å². The summed E-state index contributed by atoms with van der Waals surface area (Å²) in [6.45, 7) is 4.13. The van der Waals surface area contributed by atoms with Crippen LogP contribution in [0.1, 0.15) is 27.2 Å². The van der Waals surface area contributed by atoms with Crippen LogP contribution in [-0.2, 0) is 6.54 Å². The highest BCUT2D eigenvalue weighted by Crippen LogP contribution is 2.19. The Balaban J connectivity index is 2.45. The first kappa shape index (κ1) is 14.3. The summed E-state index contributed by atoms with van der Waals surface area (Å²) in [7, 11) is 0. The molecule has 4 nitrogen and oxygen atoms in total. The predicted molar refractivity (Wildman–Crippen MR) is 77.7 cm³/mol. The fourth-order valence-electron chi connectivity index (χ4n) is 1.97. The van der Waals surface area contributed by atoms with E-state index in [0.717, 1.165) is 11.1 Å². The van der Waals surface area contributed by atoms with Gasteiger partial charge in [-0.25, -0.2) is 4.79 Å². The molecule has 2 rings (SSSR count). The molecule has 0 aliphatic carbocycles. The number of aromatic nitrogens is 1. The fourth-order valence-corrected chi connectivity index (χ4v) is 2.26. The summed E-state index contributed by atoms with van der Waals surface area (Å²) in [6, 6.07) is 7.02. The monoisotopic (exact) mass is 291 g/mol. The summed E-state index contributed by atoms with van der Waals surface area (Å²) in [5.41, 5.74) is 1.90. The van der Waals surface area contributed by atoms with Crippen molar-refractivity contribution in [1.29, 1.82) is 0 Å². The van der Waals surface area contributed by atoms with E-state index in [4.69, 9.17) is 16.7 Å². The molecule has 1 heterocycles. The number of aromatic carboxylic acids is 1. The van der Waals surface area contributed by atoms with Crippen LogP contribution >= 0.6 is 11.6 Å². The number of carboxylic acids is 1. The average molecular weight is 292 g/mol. The third-order valence-corrected chi connectivity index (χ3v) is 3.47. The standard InChI is InChI=1S/C15H14ClNO3/c1-9-3-4-11(13(16)5-9)7-17-8-12(15(19)20)14(18)6-10(17)2/h3-6,8H,7H2,1-2H3,(H,19,20). The number of pyridine rings is 1. The van der Waals surface area contributed by atoms with Crippen LogP contribution in [0.4, 0.5) is 0 Å². The van der Waals surface area contributed by atoms with Gasteiger partial charge in [-0.2, -0.15) is 0 Å². The molecule has 0 atom stereocenters. The summed E-state index contributed by atoms with van der Waals surface area (Å²) in [4.78, 5) is 22.6.